The maximum atomic E-state index is 11.8. The molecule has 1 rings (SSSR count). The van der Waals surface area contributed by atoms with Gasteiger partial charge in [-0.3, -0.25) is 4.79 Å². The van der Waals surface area contributed by atoms with E-state index in [0.717, 1.165) is 12.8 Å². The maximum absolute atomic E-state index is 11.8. The molecular weight excluding hydrogens is 218 g/mol. The third kappa shape index (κ3) is 5.04. The van der Waals surface area contributed by atoms with Crippen molar-refractivity contribution in [3.63, 3.8) is 0 Å². The van der Waals surface area contributed by atoms with Crippen LogP contribution in [0.1, 0.15) is 47.0 Å². The highest BCUT2D eigenvalue weighted by Crippen LogP contribution is 2.20. The lowest BCUT2D eigenvalue weighted by atomic mass is 9.94. The number of hydrogen-bond donors (Lipinski definition) is 2. The van der Waals surface area contributed by atoms with Crippen LogP contribution in [0.15, 0.2) is 0 Å². The van der Waals surface area contributed by atoms with E-state index in [1.165, 1.54) is 0 Å². The van der Waals surface area contributed by atoms with Crippen molar-refractivity contribution in [1.82, 2.24) is 5.32 Å². The van der Waals surface area contributed by atoms with Crippen LogP contribution in [0.4, 0.5) is 0 Å². The highest BCUT2D eigenvalue weighted by Gasteiger charge is 2.30. The summed E-state index contributed by atoms with van der Waals surface area (Å²) in [6, 6.07) is 0. The van der Waals surface area contributed by atoms with E-state index in [1.54, 1.807) is 6.92 Å². The molecule has 0 aliphatic carbocycles. The Balaban J connectivity index is 2.32. The molecule has 4 heteroatoms. The fourth-order valence-electron chi connectivity index (χ4n) is 2.34. The van der Waals surface area contributed by atoms with Gasteiger partial charge in [0, 0.05) is 6.54 Å². The summed E-state index contributed by atoms with van der Waals surface area (Å²) in [6.07, 6.45) is 2.22. The zero-order valence-electron chi connectivity index (χ0n) is 11.3. The lowest BCUT2D eigenvalue weighted by Gasteiger charge is -2.26. The fraction of sp³-hybridized carbons (Fsp3) is 0.923. The third-order valence-electron chi connectivity index (χ3n) is 3.02. The van der Waals surface area contributed by atoms with Gasteiger partial charge in [-0.05, 0) is 39.0 Å². The van der Waals surface area contributed by atoms with Gasteiger partial charge in [0.15, 0.2) is 0 Å². The van der Waals surface area contributed by atoms with Gasteiger partial charge in [-0.2, -0.15) is 0 Å². The first kappa shape index (κ1) is 14.5. The van der Waals surface area contributed by atoms with Gasteiger partial charge in [-0.1, -0.05) is 13.8 Å². The maximum Gasteiger partial charge on any atom is 0.249 e. The molecule has 3 unspecified atom stereocenters. The van der Waals surface area contributed by atoms with Crippen LogP contribution in [0.25, 0.3) is 0 Å². The summed E-state index contributed by atoms with van der Waals surface area (Å²) in [5.74, 6) is 0.308. The summed E-state index contributed by atoms with van der Waals surface area (Å²) >= 11 is 0. The number of nitrogens with one attached hydrogen (secondary N) is 1. The van der Waals surface area contributed by atoms with E-state index in [0.29, 0.717) is 12.3 Å². The van der Waals surface area contributed by atoms with E-state index in [1.807, 2.05) is 6.92 Å². The highest BCUT2D eigenvalue weighted by molar-refractivity contribution is 5.81. The average molecular weight is 243 g/mol. The molecule has 0 radical (unpaired) electrons. The van der Waals surface area contributed by atoms with Crippen LogP contribution in [-0.2, 0) is 9.53 Å². The lowest BCUT2D eigenvalue weighted by molar-refractivity contribution is -0.133. The molecule has 1 heterocycles. The summed E-state index contributed by atoms with van der Waals surface area (Å²) in [4.78, 5) is 11.8. The van der Waals surface area contributed by atoms with E-state index in [4.69, 9.17) is 4.74 Å². The van der Waals surface area contributed by atoms with Crippen molar-refractivity contribution in [2.75, 3.05) is 6.54 Å². The Bertz CT molecular complexity index is 263. The van der Waals surface area contributed by atoms with Gasteiger partial charge in [0.1, 0.15) is 6.10 Å². The van der Waals surface area contributed by atoms with Gasteiger partial charge in [0.2, 0.25) is 5.91 Å². The van der Waals surface area contributed by atoms with Crippen molar-refractivity contribution >= 4 is 5.91 Å². The number of amides is 1. The second-order valence-corrected chi connectivity index (χ2v) is 5.83. The van der Waals surface area contributed by atoms with Crippen molar-refractivity contribution in [2.45, 2.75) is 64.8 Å². The second-order valence-electron chi connectivity index (χ2n) is 5.83. The van der Waals surface area contributed by atoms with E-state index in [9.17, 15) is 9.90 Å². The molecule has 1 aliphatic heterocycles. The topological polar surface area (TPSA) is 58.6 Å². The molecule has 0 aromatic carbocycles. The summed E-state index contributed by atoms with van der Waals surface area (Å²) in [6.45, 7) is 8.13. The van der Waals surface area contributed by atoms with Gasteiger partial charge in [-0.15, -0.1) is 0 Å². The average Bonchev–Trinajstić information content (AvgIpc) is 2.59. The summed E-state index contributed by atoms with van der Waals surface area (Å²) in [5.41, 5.74) is -0.839. The molecule has 1 aliphatic rings. The van der Waals surface area contributed by atoms with Gasteiger partial charge >= 0.3 is 0 Å². The van der Waals surface area contributed by atoms with Crippen molar-refractivity contribution in [3.05, 3.63) is 0 Å². The quantitative estimate of drug-likeness (QED) is 0.768. The summed E-state index contributed by atoms with van der Waals surface area (Å²) < 4.78 is 5.48. The first-order chi connectivity index (χ1) is 7.80. The third-order valence-corrected chi connectivity index (χ3v) is 3.02. The van der Waals surface area contributed by atoms with Crippen LogP contribution < -0.4 is 5.32 Å². The molecule has 0 aromatic heterocycles. The molecule has 3 atom stereocenters. The Morgan fingerprint density at radius 1 is 1.53 bits per heavy atom. The SMILES string of the molecule is CC(C)CC(C)(O)CNC(=O)C1CCC(C)O1. The molecule has 2 N–H and O–H groups in total. The minimum Gasteiger partial charge on any atom is -0.388 e. The summed E-state index contributed by atoms with van der Waals surface area (Å²) in [5, 5.41) is 12.8. The highest BCUT2D eigenvalue weighted by atomic mass is 16.5. The molecule has 1 fully saturated rings. The van der Waals surface area contributed by atoms with Gasteiger partial charge in [0.05, 0.1) is 11.7 Å². The molecule has 1 amide bonds. The molecular formula is C13H25NO3. The van der Waals surface area contributed by atoms with Crippen LogP contribution >= 0.6 is 0 Å². The van der Waals surface area contributed by atoms with Crippen LogP contribution in [0.5, 0.6) is 0 Å². The molecule has 100 valence electrons. The Kier molecular flexibility index (Phi) is 4.95. The Hall–Kier alpha value is -0.610. The molecule has 0 bridgehead atoms. The Labute approximate surface area is 104 Å². The van der Waals surface area contributed by atoms with Crippen LogP contribution in [0.2, 0.25) is 0 Å². The number of rotatable bonds is 5. The lowest BCUT2D eigenvalue weighted by Crippen LogP contribution is -2.45. The smallest absolute Gasteiger partial charge is 0.249 e. The minimum atomic E-state index is -0.839. The Morgan fingerprint density at radius 2 is 2.18 bits per heavy atom. The molecule has 0 spiro atoms. The number of aliphatic hydroxyl groups is 1. The molecule has 0 saturated carbocycles. The summed E-state index contributed by atoms with van der Waals surface area (Å²) in [7, 11) is 0. The second kappa shape index (κ2) is 5.83. The monoisotopic (exact) mass is 243 g/mol. The molecule has 17 heavy (non-hydrogen) atoms. The van der Waals surface area contributed by atoms with Gasteiger partial charge < -0.3 is 15.2 Å². The molecule has 4 nitrogen and oxygen atoms in total. The first-order valence-electron chi connectivity index (χ1n) is 6.46. The molecule has 0 aromatic rings. The zero-order chi connectivity index (χ0) is 13.1. The van der Waals surface area contributed by atoms with Gasteiger partial charge in [0.25, 0.3) is 0 Å². The number of carbonyl (C=O) groups excluding carboxylic acids is 1. The van der Waals surface area contributed by atoms with Crippen LogP contribution in [0, 0.1) is 5.92 Å². The molecule has 1 saturated heterocycles. The van der Waals surface area contributed by atoms with Crippen molar-refractivity contribution in [2.24, 2.45) is 5.92 Å². The van der Waals surface area contributed by atoms with E-state index < -0.39 is 5.60 Å². The first-order valence-corrected chi connectivity index (χ1v) is 6.46. The normalized spacial score (nSPS) is 28.1. The standard InChI is InChI=1S/C13H25NO3/c1-9(2)7-13(4,16)8-14-12(15)11-6-5-10(3)17-11/h9-11,16H,5-8H2,1-4H3,(H,14,15). The number of ether oxygens (including phenoxy) is 1. The minimum absolute atomic E-state index is 0.0987. The van der Waals surface area contributed by atoms with E-state index in [2.05, 4.69) is 19.2 Å². The van der Waals surface area contributed by atoms with E-state index >= 15 is 0 Å². The largest absolute Gasteiger partial charge is 0.388 e. The zero-order valence-corrected chi connectivity index (χ0v) is 11.3. The van der Waals surface area contributed by atoms with Crippen molar-refractivity contribution < 1.29 is 14.6 Å². The van der Waals surface area contributed by atoms with Crippen molar-refractivity contribution in [3.8, 4) is 0 Å². The number of carbonyl (C=O) groups is 1. The Morgan fingerprint density at radius 3 is 2.65 bits per heavy atom. The van der Waals surface area contributed by atoms with E-state index in [-0.39, 0.29) is 24.7 Å². The van der Waals surface area contributed by atoms with Crippen LogP contribution in [-0.4, -0.2) is 35.4 Å². The predicted octanol–water partition coefficient (Wildman–Crippen LogP) is 1.47. The van der Waals surface area contributed by atoms with Crippen LogP contribution in [0.3, 0.4) is 0 Å². The predicted molar refractivity (Wildman–Crippen MR) is 66.7 cm³/mol. The fourth-order valence-corrected chi connectivity index (χ4v) is 2.34. The van der Waals surface area contributed by atoms with Gasteiger partial charge in [-0.25, -0.2) is 0 Å². The van der Waals surface area contributed by atoms with Crippen molar-refractivity contribution in [1.29, 1.82) is 0 Å². The number of hydrogen-bond acceptors (Lipinski definition) is 3.